The van der Waals surface area contributed by atoms with E-state index in [1.807, 2.05) is 13.0 Å². The van der Waals surface area contributed by atoms with Gasteiger partial charge in [-0.1, -0.05) is 18.2 Å². The minimum Gasteiger partial charge on any atom is -0.493 e. The summed E-state index contributed by atoms with van der Waals surface area (Å²) in [4.78, 5) is 11.2. The molecule has 0 aliphatic carbocycles. The van der Waals surface area contributed by atoms with Gasteiger partial charge in [-0.15, -0.1) is 5.10 Å². The Labute approximate surface area is 183 Å². The molecule has 0 saturated heterocycles. The Morgan fingerprint density at radius 2 is 2.09 bits per heavy atom. The molecule has 0 spiro atoms. The van der Waals surface area contributed by atoms with E-state index < -0.39 is 10.8 Å². The van der Waals surface area contributed by atoms with Crippen molar-refractivity contribution >= 4 is 5.69 Å². The number of aromatic amines is 1. The number of rotatable bonds is 6. The summed E-state index contributed by atoms with van der Waals surface area (Å²) in [7, 11) is 1.53. The van der Waals surface area contributed by atoms with E-state index in [1.54, 1.807) is 36.4 Å². The van der Waals surface area contributed by atoms with Gasteiger partial charge in [0.2, 0.25) is 11.8 Å². The largest absolute Gasteiger partial charge is 0.493 e. The minimum atomic E-state index is -0.850. The summed E-state index contributed by atoms with van der Waals surface area (Å²) in [5.74, 6) is 0.220. The molecule has 1 unspecified atom stereocenters. The molecule has 32 heavy (non-hydrogen) atoms. The van der Waals surface area contributed by atoms with Crippen molar-refractivity contribution in [1.29, 1.82) is 5.26 Å². The molecule has 1 aromatic heterocycles. The number of H-pyrrole nitrogens is 1. The lowest BCUT2D eigenvalue weighted by Gasteiger charge is -2.24. The van der Waals surface area contributed by atoms with E-state index in [0.717, 1.165) is 0 Å². The number of fused-ring (bicyclic) bond motifs is 1. The normalized spacial score (nSPS) is 14.8. The number of methoxy groups -OCH3 is 1. The molecule has 10 heteroatoms. The number of nitrogens with zero attached hydrogens (tertiary/aromatic N) is 3. The minimum absolute atomic E-state index is 0.0624. The predicted octanol–water partition coefficient (Wildman–Crippen LogP) is 3.61. The fourth-order valence-corrected chi connectivity index (χ4v) is 3.77. The average molecular weight is 433 g/mol. The van der Waals surface area contributed by atoms with Crippen LogP contribution in [-0.2, 0) is 0 Å². The molecule has 2 aromatic carbocycles. The Morgan fingerprint density at radius 3 is 2.78 bits per heavy atom. The lowest BCUT2D eigenvalue weighted by molar-refractivity contribution is -0.385. The Hall–Kier alpha value is -4.52. The lowest BCUT2D eigenvalue weighted by atomic mass is 9.82. The molecule has 0 radical (unpaired) electrons. The molecule has 0 bridgehead atoms. The van der Waals surface area contributed by atoms with Crippen molar-refractivity contribution in [3.8, 4) is 34.7 Å². The topological polar surface area (TPSA) is 149 Å². The molecule has 3 N–H and O–H groups in total. The number of nitriles is 1. The van der Waals surface area contributed by atoms with Crippen molar-refractivity contribution in [3.63, 3.8) is 0 Å². The number of para-hydroxylation sites is 1. The second-order valence-electron chi connectivity index (χ2n) is 6.86. The van der Waals surface area contributed by atoms with Crippen LogP contribution in [0, 0.1) is 21.4 Å². The molecule has 10 nitrogen and oxygen atoms in total. The van der Waals surface area contributed by atoms with E-state index in [1.165, 1.54) is 13.2 Å². The summed E-state index contributed by atoms with van der Waals surface area (Å²) in [6, 6.07) is 13.6. The van der Waals surface area contributed by atoms with E-state index in [0.29, 0.717) is 40.5 Å². The van der Waals surface area contributed by atoms with Gasteiger partial charge in [-0.3, -0.25) is 15.2 Å². The van der Waals surface area contributed by atoms with Crippen LogP contribution in [0.2, 0.25) is 0 Å². The van der Waals surface area contributed by atoms with Gasteiger partial charge in [0, 0.05) is 17.2 Å². The van der Waals surface area contributed by atoms with Crippen LogP contribution in [0.15, 0.2) is 53.9 Å². The Morgan fingerprint density at radius 1 is 1.31 bits per heavy atom. The first-order valence-electron chi connectivity index (χ1n) is 9.70. The zero-order valence-electron chi connectivity index (χ0n) is 17.3. The van der Waals surface area contributed by atoms with Gasteiger partial charge in [0.15, 0.2) is 11.5 Å². The van der Waals surface area contributed by atoms with Gasteiger partial charge in [0.05, 0.1) is 35.8 Å². The number of aromatic nitrogens is 2. The molecule has 1 aliphatic rings. The van der Waals surface area contributed by atoms with Crippen molar-refractivity contribution in [1.82, 2.24) is 10.2 Å². The summed E-state index contributed by atoms with van der Waals surface area (Å²) in [5.41, 5.74) is 7.87. The SMILES string of the molecule is CCOc1ccc(-c2[nH]nc3c2C(c2ccccc2[N+](=O)[O-])C(C#N)=C(N)O3)cc1OC. The van der Waals surface area contributed by atoms with Gasteiger partial charge >= 0.3 is 0 Å². The van der Waals surface area contributed by atoms with Crippen LogP contribution in [0.3, 0.4) is 0 Å². The Bertz CT molecular complexity index is 1270. The maximum Gasteiger partial charge on any atom is 0.273 e. The molecule has 4 rings (SSSR count). The number of nitrogens with two attached hydrogens (primary N) is 1. The van der Waals surface area contributed by atoms with Gasteiger partial charge in [0.25, 0.3) is 5.69 Å². The van der Waals surface area contributed by atoms with Crippen LogP contribution < -0.4 is 19.9 Å². The number of hydrogen-bond acceptors (Lipinski definition) is 8. The van der Waals surface area contributed by atoms with E-state index in [4.69, 9.17) is 19.9 Å². The molecule has 1 atom stereocenters. The van der Waals surface area contributed by atoms with Crippen molar-refractivity contribution in [2.75, 3.05) is 13.7 Å². The van der Waals surface area contributed by atoms with Crippen LogP contribution in [0.25, 0.3) is 11.3 Å². The van der Waals surface area contributed by atoms with Gasteiger partial charge in [-0.05, 0) is 25.1 Å². The molecule has 0 fully saturated rings. The van der Waals surface area contributed by atoms with Crippen molar-refractivity contribution in [2.45, 2.75) is 12.8 Å². The number of ether oxygens (including phenoxy) is 3. The molecule has 1 aliphatic heterocycles. The zero-order valence-corrected chi connectivity index (χ0v) is 17.3. The summed E-state index contributed by atoms with van der Waals surface area (Å²) < 4.78 is 16.6. The van der Waals surface area contributed by atoms with E-state index in [-0.39, 0.29) is 23.0 Å². The first-order chi connectivity index (χ1) is 15.5. The number of benzene rings is 2. The molecule has 2 heterocycles. The van der Waals surface area contributed by atoms with Crippen molar-refractivity contribution in [2.24, 2.45) is 5.73 Å². The monoisotopic (exact) mass is 433 g/mol. The molecule has 0 amide bonds. The van der Waals surface area contributed by atoms with E-state index >= 15 is 0 Å². The van der Waals surface area contributed by atoms with Crippen LogP contribution in [0.5, 0.6) is 17.4 Å². The summed E-state index contributed by atoms with van der Waals surface area (Å²) in [6.45, 7) is 2.34. The fraction of sp³-hybridized carbons (Fsp3) is 0.182. The Kier molecular flexibility index (Phi) is 5.39. The number of allylic oxidation sites excluding steroid dienone is 1. The third kappa shape index (κ3) is 3.35. The summed E-state index contributed by atoms with van der Waals surface area (Å²) >= 11 is 0. The maximum atomic E-state index is 11.7. The quantitative estimate of drug-likeness (QED) is 0.442. The third-order valence-electron chi connectivity index (χ3n) is 5.14. The third-order valence-corrected chi connectivity index (χ3v) is 5.14. The highest BCUT2D eigenvalue weighted by atomic mass is 16.6. The van der Waals surface area contributed by atoms with Crippen molar-refractivity contribution < 1.29 is 19.1 Å². The Balaban J connectivity index is 1.94. The smallest absolute Gasteiger partial charge is 0.273 e. The molecular formula is C22H19N5O5. The van der Waals surface area contributed by atoms with Crippen molar-refractivity contribution in [3.05, 3.63) is 75.2 Å². The standard InChI is InChI=1S/C22H19N5O5/c1-3-31-16-9-8-12(10-17(16)30-2)20-19-18(13-6-4-5-7-15(13)27(28)29)14(11-23)21(24)32-22(19)26-25-20/h4-10,18H,3,24H2,1-2H3,(H,25,26). The molecule has 162 valence electrons. The highest BCUT2D eigenvalue weighted by molar-refractivity contribution is 5.73. The summed E-state index contributed by atoms with van der Waals surface area (Å²) in [6.07, 6.45) is 0. The van der Waals surface area contributed by atoms with Crippen LogP contribution in [-0.4, -0.2) is 28.8 Å². The van der Waals surface area contributed by atoms with E-state index in [2.05, 4.69) is 10.2 Å². The highest BCUT2D eigenvalue weighted by Gasteiger charge is 2.38. The highest BCUT2D eigenvalue weighted by Crippen LogP contribution is 2.48. The first-order valence-corrected chi connectivity index (χ1v) is 9.70. The number of nitro groups is 1. The fourth-order valence-electron chi connectivity index (χ4n) is 3.77. The number of nitrogens with one attached hydrogen (secondary N) is 1. The molecule has 3 aromatic rings. The first kappa shape index (κ1) is 20.7. The predicted molar refractivity (Wildman–Crippen MR) is 114 cm³/mol. The van der Waals surface area contributed by atoms with Gasteiger partial charge in [-0.2, -0.15) is 5.26 Å². The number of hydrogen-bond donors (Lipinski definition) is 2. The van der Waals surface area contributed by atoms with Crippen LogP contribution >= 0.6 is 0 Å². The van der Waals surface area contributed by atoms with Gasteiger partial charge in [0.1, 0.15) is 11.6 Å². The van der Waals surface area contributed by atoms with E-state index in [9.17, 15) is 15.4 Å². The zero-order chi connectivity index (χ0) is 22.8. The lowest BCUT2D eigenvalue weighted by Crippen LogP contribution is -2.21. The second-order valence-corrected chi connectivity index (χ2v) is 6.86. The summed E-state index contributed by atoms with van der Waals surface area (Å²) in [5, 5.41) is 28.7. The van der Waals surface area contributed by atoms with Crippen LogP contribution in [0.4, 0.5) is 5.69 Å². The molecular weight excluding hydrogens is 414 g/mol. The number of nitro benzene ring substituents is 1. The second kappa shape index (κ2) is 8.31. The van der Waals surface area contributed by atoms with Gasteiger partial charge < -0.3 is 19.9 Å². The van der Waals surface area contributed by atoms with Gasteiger partial charge in [-0.25, -0.2) is 0 Å². The van der Waals surface area contributed by atoms with Crippen LogP contribution in [0.1, 0.15) is 24.0 Å². The maximum absolute atomic E-state index is 11.7. The molecule has 0 saturated carbocycles. The average Bonchev–Trinajstić information content (AvgIpc) is 3.21.